The molecular weight excluding hydrogens is 286 g/mol. The summed E-state index contributed by atoms with van der Waals surface area (Å²) in [4.78, 5) is 36.1. The lowest BCUT2D eigenvalue weighted by molar-refractivity contribution is -0.157. The minimum Gasteiger partial charge on any atom is -0.481 e. The van der Waals surface area contributed by atoms with Crippen LogP contribution in [0.5, 0.6) is 0 Å². The van der Waals surface area contributed by atoms with Gasteiger partial charge in [-0.3, -0.25) is 9.59 Å². The minimum atomic E-state index is -1.08. The van der Waals surface area contributed by atoms with E-state index in [-0.39, 0.29) is 31.7 Å². The number of nitrogens with zero attached hydrogens (tertiary/aromatic N) is 1. The normalized spacial score (nSPS) is 21.4. The molecule has 6 nitrogen and oxygen atoms in total. The standard InChI is InChI=1S/C16H19NO5/c1-10-4-2-3-5-11(10)8-14(18)17-9-12(15(19)20)6-7-13(17)16(21)22/h2-5,12-13H,6-9H2,1H3,(H,19,20)(H,21,22)/t12-,13-/m0/s1. The molecule has 0 saturated carbocycles. The highest BCUT2D eigenvalue weighted by molar-refractivity contribution is 5.86. The number of carbonyl (C=O) groups is 3. The molecule has 1 aliphatic rings. The van der Waals surface area contributed by atoms with Gasteiger partial charge < -0.3 is 15.1 Å². The molecule has 0 spiro atoms. The van der Waals surface area contributed by atoms with Gasteiger partial charge in [-0.05, 0) is 30.9 Å². The van der Waals surface area contributed by atoms with Gasteiger partial charge in [0, 0.05) is 6.54 Å². The van der Waals surface area contributed by atoms with Crippen molar-refractivity contribution in [3.8, 4) is 0 Å². The number of benzene rings is 1. The van der Waals surface area contributed by atoms with Crippen molar-refractivity contribution in [1.29, 1.82) is 0 Å². The summed E-state index contributed by atoms with van der Waals surface area (Å²) in [5.41, 5.74) is 1.78. The molecule has 1 aromatic rings. The lowest BCUT2D eigenvalue weighted by Crippen LogP contribution is -2.52. The second-order valence-corrected chi connectivity index (χ2v) is 5.62. The van der Waals surface area contributed by atoms with Gasteiger partial charge in [-0.25, -0.2) is 4.79 Å². The number of carbonyl (C=O) groups excluding carboxylic acids is 1. The number of amides is 1. The monoisotopic (exact) mass is 305 g/mol. The van der Waals surface area contributed by atoms with Gasteiger partial charge in [0.05, 0.1) is 12.3 Å². The quantitative estimate of drug-likeness (QED) is 0.874. The number of hydrogen-bond donors (Lipinski definition) is 2. The maximum absolute atomic E-state index is 12.5. The Morgan fingerprint density at radius 3 is 2.41 bits per heavy atom. The van der Waals surface area contributed by atoms with Crippen molar-refractivity contribution in [3.63, 3.8) is 0 Å². The topological polar surface area (TPSA) is 94.9 Å². The number of carboxylic acids is 2. The Bertz CT molecular complexity index is 598. The molecule has 0 bridgehead atoms. The van der Waals surface area contributed by atoms with E-state index in [2.05, 4.69) is 0 Å². The van der Waals surface area contributed by atoms with E-state index in [1.165, 1.54) is 4.90 Å². The van der Waals surface area contributed by atoms with Gasteiger partial charge >= 0.3 is 11.9 Å². The van der Waals surface area contributed by atoms with Crippen LogP contribution in [-0.2, 0) is 20.8 Å². The van der Waals surface area contributed by atoms with Crippen LogP contribution in [0.4, 0.5) is 0 Å². The number of carboxylic acid groups (broad SMARTS) is 2. The van der Waals surface area contributed by atoms with Gasteiger partial charge in [0.1, 0.15) is 6.04 Å². The summed E-state index contributed by atoms with van der Waals surface area (Å²) in [5, 5.41) is 18.4. The van der Waals surface area contributed by atoms with Crippen LogP contribution in [0.2, 0.25) is 0 Å². The zero-order chi connectivity index (χ0) is 16.3. The SMILES string of the molecule is Cc1ccccc1CC(=O)N1C[C@@H](C(=O)O)CC[C@H]1C(=O)O. The number of rotatable bonds is 4. The zero-order valence-electron chi connectivity index (χ0n) is 12.4. The molecule has 0 radical (unpaired) electrons. The Morgan fingerprint density at radius 2 is 1.82 bits per heavy atom. The van der Waals surface area contributed by atoms with Crippen LogP contribution in [0.3, 0.4) is 0 Å². The van der Waals surface area contributed by atoms with Crippen LogP contribution in [-0.4, -0.2) is 45.5 Å². The smallest absolute Gasteiger partial charge is 0.326 e. The molecule has 2 atom stereocenters. The minimum absolute atomic E-state index is 0.0446. The van der Waals surface area contributed by atoms with E-state index in [9.17, 15) is 19.5 Å². The molecule has 1 heterocycles. The maximum atomic E-state index is 12.5. The van der Waals surface area contributed by atoms with Gasteiger partial charge in [-0.2, -0.15) is 0 Å². The van der Waals surface area contributed by atoms with Gasteiger partial charge in [0.2, 0.25) is 5.91 Å². The molecule has 6 heteroatoms. The molecule has 2 rings (SSSR count). The van der Waals surface area contributed by atoms with E-state index in [1.807, 2.05) is 31.2 Å². The second kappa shape index (κ2) is 6.60. The Hall–Kier alpha value is -2.37. The van der Waals surface area contributed by atoms with Crippen molar-refractivity contribution in [3.05, 3.63) is 35.4 Å². The molecular formula is C16H19NO5. The van der Waals surface area contributed by atoms with E-state index in [0.29, 0.717) is 0 Å². The third-order valence-electron chi connectivity index (χ3n) is 4.14. The van der Waals surface area contributed by atoms with Crippen molar-refractivity contribution in [2.45, 2.75) is 32.2 Å². The Kier molecular flexibility index (Phi) is 4.80. The molecule has 0 aliphatic carbocycles. The first-order valence-electron chi connectivity index (χ1n) is 7.19. The molecule has 118 valence electrons. The Morgan fingerprint density at radius 1 is 1.14 bits per heavy atom. The fourth-order valence-electron chi connectivity index (χ4n) is 2.78. The van der Waals surface area contributed by atoms with Crippen molar-refractivity contribution in [2.24, 2.45) is 5.92 Å². The van der Waals surface area contributed by atoms with E-state index in [1.54, 1.807) is 0 Å². The highest BCUT2D eigenvalue weighted by Gasteiger charge is 2.38. The predicted octanol–water partition coefficient (Wildman–Crippen LogP) is 1.31. The summed E-state index contributed by atoms with van der Waals surface area (Å²) in [6.45, 7) is 1.84. The van der Waals surface area contributed by atoms with Gasteiger partial charge in [-0.1, -0.05) is 24.3 Å². The summed E-state index contributed by atoms with van der Waals surface area (Å²) < 4.78 is 0. The number of hydrogen-bond acceptors (Lipinski definition) is 3. The lowest BCUT2D eigenvalue weighted by Gasteiger charge is -2.36. The fraction of sp³-hybridized carbons (Fsp3) is 0.438. The molecule has 1 saturated heterocycles. The third-order valence-corrected chi connectivity index (χ3v) is 4.14. The van der Waals surface area contributed by atoms with Crippen LogP contribution in [0.25, 0.3) is 0 Å². The first kappa shape index (κ1) is 16.0. The van der Waals surface area contributed by atoms with Crippen LogP contribution >= 0.6 is 0 Å². The largest absolute Gasteiger partial charge is 0.481 e. The first-order chi connectivity index (χ1) is 10.4. The van der Waals surface area contributed by atoms with Crippen LogP contribution in [0.1, 0.15) is 24.0 Å². The Balaban J connectivity index is 2.17. The van der Waals surface area contributed by atoms with Crippen molar-refractivity contribution in [1.82, 2.24) is 4.90 Å². The van der Waals surface area contributed by atoms with Gasteiger partial charge in [0.15, 0.2) is 0 Å². The fourth-order valence-corrected chi connectivity index (χ4v) is 2.78. The van der Waals surface area contributed by atoms with E-state index in [4.69, 9.17) is 5.11 Å². The highest BCUT2D eigenvalue weighted by atomic mass is 16.4. The number of aryl methyl sites for hydroxylation is 1. The highest BCUT2D eigenvalue weighted by Crippen LogP contribution is 2.24. The average Bonchev–Trinajstić information content (AvgIpc) is 2.48. The van der Waals surface area contributed by atoms with E-state index < -0.39 is 23.9 Å². The zero-order valence-corrected chi connectivity index (χ0v) is 12.4. The number of piperidine rings is 1. The van der Waals surface area contributed by atoms with E-state index in [0.717, 1.165) is 11.1 Å². The molecule has 1 fully saturated rings. The first-order valence-corrected chi connectivity index (χ1v) is 7.19. The maximum Gasteiger partial charge on any atom is 0.326 e. The molecule has 2 N–H and O–H groups in total. The number of likely N-dealkylation sites (tertiary alicyclic amines) is 1. The predicted molar refractivity (Wildman–Crippen MR) is 78.4 cm³/mol. The Labute approximate surface area is 128 Å². The van der Waals surface area contributed by atoms with Gasteiger partial charge in [0.25, 0.3) is 0 Å². The van der Waals surface area contributed by atoms with Crippen LogP contribution in [0, 0.1) is 12.8 Å². The van der Waals surface area contributed by atoms with Crippen molar-refractivity contribution < 1.29 is 24.6 Å². The van der Waals surface area contributed by atoms with Crippen LogP contribution < -0.4 is 0 Å². The van der Waals surface area contributed by atoms with E-state index >= 15 is 0 Å². The van der Waals surface area contributed by atoms with Gasteiger partial charge in [-0.15, -0.1) is 0 Å². The second-order valence-electron chi connectivity index (χ2n) is 5.62. The summed E-state index contributed by atoms with van der Waals surface area (Å²) in [6.07, 6.45) is 0.537. The summed E-state index contributed by atoms with van der Waals surface area (Å²) in [6, 6.07) is 6.45. The van der Waals surface area contributed by atoms with Crippen LogP contribution in [0.15, 0.2) is 24.3 Å². The molecule has 0 unspecified atom stereocenters. The van der Waals surface area contributed by atoms with Crippen molar-refractivity contribution >= 4 is 17.8 Å². The average molecular weight is 305 g/mol. The summed E-state index contributed by atoms with van der Waals surface area (Å²) >= 11 is 0. The summed E-state index contributed by atoms with van der Waals surface area (Å²) in [5.74, 6) is -3.11. The summed E-state index contributed by atoms with van der Waals surface area (Å²) in [7, 11) is 0. The third kappa shape index (κ3) is 3.44. The molecule has 1 amide bonds. The molecule has 0 aromatic heterocycles. The molecule has 22 heavy (non-hydrogen) atoms. The lowest BCUT2D eigenvalue weighted by atomic mass is 9.92. The van der Waals surface area contributed by atoms with Crippen molar-refractivity contribution in [2.75, 3.05) is 6.54 Å². The molecule has 1 aromatic carbocycles. The molecule has 1 aliphatic heterocycles. The number of aliphatic carboxylic acids is 2.